The number of aromatic amines is 1. The van der Waals surface area contributed by atoms with E-state index in [1.54, 1.807) is 4.90 Å². The molecule has 0 atom stereocenters. The predicted octanol–water partition coefficient (Wildman–Crippen LogP) is -0.386. The van der Waals surface area contributed by atoms with Gasteiger partial charge in [0, 0.05) is 19.3 Å². The SMILES string of the molecule is O=C(O)c1cc(S(=O)(=O)NCC(=O)N2CCCC2)c[nH]1. The number of carbonyl (C=O) groups excluding carboxylic acids is 1. The molecule has 1 aliphatic heterocycles. The summed E-state index contributed by atoms with van der Waals surface area (Å²) in [5, 5.41) is 8.72. The summed E-state index contributed by atoms with van der Waals surface area (Å²) in [6.45, 7) is 0.970. The van der Waals surface area contributed by atoms with E-state index in [0.717, 1.165) is 25.1 Å². The van der Waals surface area contributed by atoms with E-state index < -0.39 is 16.0 Å². The number of aromatic carboxylic acids is 1. The molecule has 3 N–H and O–H groups in total. The maximum absolute atomic E-state index is 11.9. The predicted molar refractivity (Wildman–Crippen MR) is 68.8 cm³/mol. The van der Waals surface area contributed by atoms with Gasteiger partial charge in [-0.05, 0) is 18.9 Å². The van der Waals surface area contributed by atoms with Crippen LogP contribution >= 0.6 is 0 Å². The van der Waals surface area contributed by atoms with Crippen LogP contribution in [0.5, 0.6) is 0 Å². The number of rotatable bonds is 5. The molecule has 1 fully saturated rings. The zero-order valence-corrected chi connectivity index (χ0v) is 11.4. The summed E-state index contributed by atoms with van der Waals surface area (Å²) < 4.78 is 26.0. The number of likely N-dealkylation sites (tertiary alicyclic amines) is 1. The molecule has 0 spiro atoms. The Labute approximate surface area is 115 Å². The van der Waals surface area contributed by atoms with Gasteiger partial charge in [0.05, 0.1) is 6.54 Å². The zero-order valence-electron chi connectivity index (χ0n) is 10.6. The van der Waals surface area contributed by atoms with Gasteiger partial charge in [-0.2, -0.15) is 0 Å². The van der Waals surface area contributed by atoms with Crippen molar-refractivity contribution in [2.45, 2.75) is 17.7 Å². The molecule has 20 heavy (non-hydrogen) atoms. The van der Waals surface area contributed by atoms with E-state index in [-0.39, 0.29) is 23.0 Å². The molecule has 0 aromatic carbocycles. The van der Waals surface area contributed by atoms with Crippen molar-refractivity contribution in [1.82, 2.24) is 14.6 Å². The van der Waals surface area contributed by atoms with Gasteiger partial charge in [-0.1, -0.05) is 0 Å². The molecule has 2 rings (SSSR count). The Morgan fingerprint density at radius 3 is 2.55 bits per heavy atom. The van der Waals surface area contributed by atoms with E-state index in [4.69, 9.17) is 5.11 Å². The lowest BCUT2D eigenvalue weighted by Gasteiger charge is -2.15. The van der Waals surface area contributed by atoms with Crippen LogP contribution in [0.1, 0.15) is 23.3 Å². The highest BCUT2D eigenvalue weighted by Gasteiger charge is 2.22. The molecule has 1 aliphatic rings. The van der Waals surface area contributed by atoms with Gasteiger partial charge in [-0.25, -0.2) is 17.9 Å². The minimum absolute atomic E-state index is 0.205. The van der Waals surface area contributed by atoms with Crippen LogP contribution in [0.4, 0.5) is 0 Å². The molecule has 0 saturated carbocycles. The molecule has 110 valence electrons. The number of H-pyrrole nitrogens is 1. The van der Waals surface area contributed by atoms with E-state index in [2.05, 4.69) is 9.71 Å². The van der Waals surface area contributed by atoms with Crippen molar-refractivity contribution in [3.05, 3.63) is 18.0 Å². The van der Waals surface area contributed by atoms with E-state index in [1.807, 2.05) is 0 Å². The standard InChI is InChI=1S/C11H15N3O5S/c15-10(14-3-1-2-4-14)7-13-20(18,19)8-5-9(11(16)17)12-6-8/h5-6,12-13H,1-4,7H2,(H,16,17). The fraction of sp³-hybridized carbons (Fsp3) is 0.455. The van der Waals surface area contributed by atoms with Crippen molar-refractivity contribution in [3.8, 4) is 0 Å². The van der Waals surface area contributed by atoms with E-state index in [9.17, 15) is 18.0 Å². The fourth-order valence-electron chi connectivity index (χ4n) is 1.97. The van der Waals surface area contributed by atoms with Crippen molar-refractivity contribution in [2.75, 3.05) is 19.6 Å². The lowest BCUT2D eigenvalue weighted by molar-refractivity contribution is -0.128. The zero-order chi connectivity index (χ0) is 14.8. The lowest BCUT2D eigenvalue weighted by Crippen LogP contribution is -2.38. The van der Waals surface area contributed by atoms with Crippen molar-refractivity contribution >= 4 is 21.9 Å². The quantitative estimate of drug-likeness (QED) is 0.684. The Bertz CT molecular complexity index is 616. The Morgan fingerprint density at radius 1 is 1.35 bits per heavy atom. The smallest absolute Gasteiger partial charge is 0.352 e. The molecule has 1 aromatic heterocycles. The largest absolute Gasteiger partial charge is 0.477 e. The van der Waals surface area contributed by atoms with Crippen LogP contribution in [-0.4, -0.2) is 54.9 Å². The molecule has 1 amide bonds. The van der Waals surface area contributed by atoms with Gasteiger partial charge in [0.15, 0.2) is 0 Å². The summed E-state index contributed by atoms with van der Waals surface area (Å²) in [6.07, 6.45) is 2.93. The number of nitrogens with zero attached hydrogens (tertiary/aromatic N) is 1. The molecule has 2 heterocycles. The number of sulfonamides is 1. The first-order valence-corrected chi connectivity index (χ1v) is 7.57. The third-order valence-electron chi connectivity index (χ3n) is 3.07. The van der Waals surface area contributed by atoms with Gasteiger partial charge < -0.3 is 15.0 Å². The highest BCUT2D eigenvalue weighted by molar-refractivity contribution is 7.89. The van der Waals surface area contributed by atoms with Crippen LogP contribution in [-0.2, 0) is 14.8 Å². The first-order chi connectivity index (χ1) is 9.40. The molecule has 1 aromatic rings. The van der Waals surface area contributed by atoms with Gasteiger partial charge >= 0.3 is 5.97 Å². The number of amides is 1. The molecule has 8 nitrogen and oxygen atoms in total. The van der Waals surface area contributed by atoms with Crippen molar-refractivity contribution in [3.63, 3.8) is 0 Å². The van der Waals surface area contributed by atoms with Gasteiger partial charge in [0.1, 0.15) is 10.6 Å². The van der Waals surface area contributed by atoms with Crippen molar-refractivity contribution < 1.29 is 23.1 Å². The summed E-state index contributed by atoms with van der Waals surface area (Å²) in [5.41, 5.74) is -0.226. The Hall–Kier alpha value is -1.87. The molecule has 0 bridgehead atoms. The average molecular weight is 301 g/mol. The van der Waals surface area contributed by atoms with Gasteiger partial charge in [0.2, 0.25) is 15.9 Å². The number of carboxylic acid groups (broad SMARTS) is 1. The van der Waals surface area contributed by atoms with E-state index in [0.29, 0.717) is 13.1 Å². The van der Waals surface area contributed by atoms with E-state index >= 15 is 0 Å². The average Bonchev–Trinajstić information content (AvgIpc) is 3.06. The van der Waals surface area contributed by atoms with Crippen molar-refractivity contribution in [1.29, 1.82) is 0 Å². The van der Waals surface area contributed by atoms with Crippen LogP contribution in [0.25, 0.3) is 0 Å². The number of hydrogen-bond acceptors (Lipinski definition) is 4. The first kappa shape index (κ1) is 14.5. The minimum atomic E-state index is -3.89. The third-order valence-corrected chi connectivity index (χ3v) is 4.45. The second-order valence-corrected chi connectivity index (χ2v) is 6.23. The molecule has 9 heteroatoms. The summed E-state index contributed by atoms with van der Waals surface area (Å²) in [4.78, 5) is 26.1. The van der Waals surface area contributed by atoms with Crippen LogP contribution in [0.15, 0.2) is 17.2 Å². The van der Waals surface area contributed by atoms with E-state index in [1.165, 1.54) is 0 Å². The van der Waals surface area contributed by atoms with Crippen molar-refractivity contribution in [2.24, 2.45) is 0 Å². The monoisotopic (exact) mass is 301 g/mol. The first-order valence-electron chi connectivity index (χ1n) is 6.09. The molecular formula is C11H15N3O5S. The number of nitrogens with one attached hydrogen (secondary N) is 2. The number of hydrogen-bond donors (Lipinski definition) is 3. The number of carboxylic acids is 1. The Balaban J connectivity index is 1.99. The van der Waals surface area contributed by atoms with Gasteiger partial charge in [-0.3, -0.25) is 4.79 Å². The topological polar surface area (TPSA) is 120 Å². The maximum Gasteiger partial charge on any atom is 0.352 e. The maximum atomic E-state index is 11.9. The normalized spacial score (nSPS) is 15.5. The third kappa shape index (κ3) is 3.17. The summed E-state index contributed by atoms with van der Waals surface area (Å²) in [5.74, 6) is -1.53. The number of carbonyl (C=O) groups is 2. The lowest BCUT2D eigenvalue weighted by atomic mass is 10.4. The molecule has 0 aliphatic carbocycles. The van der Waals surface area contributed by atoms with Gasteiger partial charge in [-0.15, -0.1) is 0 Å². The molecular weight excluding hydrogens is 286 g/mol. The second-order valence-electron chi connectivity index (χ2n) is 4.47. The highest BCUT2D eigenvalue weighted by atomic mass is 32.2. The minimum Gasteiger partial charge on any atom is -0.477 e. The molecule has 0 unspecified atom stereocenters. The van der Waals surface area contributed by atoms with Gasteiger partial charge in [0.25, 0.3) is 0 Å². The summed E-state index contributed by atoms with van der Waals surface area (Å²) >= 11 is 0. The molecule has 0 radical (unpaired) electrons. The molecule has 1 saturated heterocycles. The highest BCUT2D eigenvalue weighted by Crippen LogP contribution is 2.11. The second kappa shape index (κ2) is 5.63. The van der Waals surface area contributed by atoms with Crippen LogP contribution in [0.2, 0.25) is 0 Å². The van der Waals surface area contributed by atoms with Crippen LogP contribution < -0.4 is 4.72 Å². The fourth-order valence-corrected chi connectivity index (χ4v) is 2.94. The number of aromatic nitrogens is 1. The summed E-state index contributed by atoms with van der Waals surface area (Å²) in [7, 11) is -3.89. The van der Waals surface area contributed by atoms with Crippen LogP contribution in [0, 0.1) is 0 Å². The Kier molecular flexibility index (Phi) is 4.09. The Morgan fingerprint density at radius 2 is 2.00 bits per heavy atom. The van der Waals surface area contributed by atoms with Crippen LogP contribution in [0.3, 0.4) is 0 Å². The summed E-state index contributed by atoms with van der Waals surface area (Å²) in [6, 6.07) is 1.00.